The van der Waals surface area contributed by atoms with Crippen molar-refractivity contribution in [1.29, 1.82) is 0 Å². The Kier molecular flexibility index (Phi) is 5.94. The molecule has 6 nitrogen and oxygen atoms in total. The maximum Gasteiger partial charge on any atom is 0.416 e. The summed E-state index contributed by atoms with van der Waals surface area (Å²) in [5.41, 5.74) is -1.16. The highest BCUT2D eigenvalue weighted by Gasteiger charge is 2.33. The Labute approximate surface area is 141 Å². The molecule has 0 atom stereocenters. The number of hydrogen-bond donors (Lipinski definition) is 2. The summed E-state index contributed by atoms with van der Waals surface area (Å²) in [6.07, 6.45) is -4.65. The first-order valence-corrected chi connectivity index (χ1v) is 7.46. The van der Waals surface area contributed by atoms with Gasteiger partial charge in [0.15, 0.2) is 11.8 Å². The van der Waals surface area contributed by atoms with Crippen LogP contribution in [0.15, 0.2) is 27.7 Å². The van der Waals surface area contributed by atoms with Crippen LogP contribution in [0.25, 0.3) is 0 Å². The Bertz CT molecular complexity index is 742. The molecule has 0 saturated carbocycles. The van der Waals surface area contributed by atoms with Gasteiger partial charge < -0.3 is 15.2 Å². The molecule has 2 aromatic rings. The number of halogens is 4. The number of guanidine groups is 1. The van der Waals surface area contributed by atoms with E-state index in [4.69, 9.17) is 4.52 Å². The summed E-state index contributed by atoms with van der Waals surface area (Å²) in [6, 6.07) is 2.52. The molecule has 0 aliphatic rings. The Morgan fingerprint density at radius 1 is 1.28 bits per heavy atom. The van der Waals surface area contributed by atoms with Crippen LogP contribution >= 0.6 is 0 Å². The summed E-state index contributed by atoms with van der Waals surface area (Å²) in [5.74, 6) is 0.126. The normalized spacial score (nSPS) is 12.3. The lowest BCUT2D eigenvalue weighted by molar-refractivity contribution is -0.138. The van der Waals surface area contributed by atoms with Crippen molar-refractivity contribution in [3.63, 3.8) is 0 Å². The van der Waals surface area contributed by atoms with Gasteiger partial charge in [-0.2, -0.15) is 18.2 Å². The van der Waals surface area contributed by atoms with E-state index < -0.39 is 17.6 Å². The molecule has 1 aromatic heterocycles. The van der Waals surface area contributed by atoms with Gasteiger partial charge in [-0.1, -0.05) is 11.2 Å². The first-order valence-electron chi connectivity index (χ1n) is 7.46. The number of hydrogen-bond acceptors (Lipinski definition) is 4. The minimum atomic E-state index is -4.65. The highest BCUT2D eigenvalue weighted by molar-refractivity contribution is 5.79. The van der Waals surface area contributed by atoms with Gasteiger partial charge >= 0.3 is 6.18 Å². The summed E-state index contributed by atoms with van der Waals surface area (Å²) < 4.78 is 57.0. The molecule has 0 amide bonds. The summed E-state index contributed by atoms with van der Waals surface area (Å²) in [5, 5.41) is 9.49. The van der Waals surface area contributed by atoms with Gasteiger partial charge in [-0.3, -0.25) is 0 Å². The zero-order chi connectivity index (χ0) is 18.4. The Morgan fingerprint density at radius 2 is 2.04 bits per heavy atom. The predicted molar refractivity (Wildman–Crippen MR) is 82.1 cm³/mol. The molecule has 136 valence electrons. The fourth-order valence-electron chi connectivity index (χ4n) is 2.03. The third kappa shape index (κ3) is 5.44. The van der Waals surface area contributed by atoms with E-state index in [0.29, 0.717) is 24.3 Å². The average molecular weight is 359 g/mol. The van der Waals surface area contributed by atoms with Crippen molar-refractivity contribution < 1.29 is 22.1 Å². The van der Waals surface area contributed by atoms with Crippen molar-refractivity contribution in [2.45, 2.75) is 33.1 Å². The summed E-state index contributed by atoms with van der Waals surface area (Å²) in [7, 11) is 0. The number of aryl methyl sites for hydroxylation is 1. The zero-order valence-electron chi connectivity index (χ0n) is 13.6. The quantitative estimate of drug-likeness (QED) is 0.488. The second-order valence-corrected chi connectivity index (χ2v) is 5.08. The lowest BCUT2D eigenvalue weighted by atomic mass is 10.1. The van der Waals surface area contributed by atoms with E-state index in [0.717, 1.165) is 12.1 Å². The highest BCUT2D eigenvalue weighted by Crippen LogP contribution is 2.32. The first-order chi connectivity index (χ1) is 11.8. The smallest absolute Gasteiger partial charge is 0.357 e. The van der Waals surface area contributed by atoms with E-state index in [9.17, 15) is 17.6 Å². The van der Waals surface area contributed by atoms with Crippen molar-refractivity contribution in [2.24, 2.45) is 4.99 Å². The second kappa shape index (κ2) is 7.95. The number of alkyl halides is 3. The number of rotatable bonds is 5. The molecule has 0 aliphatic carbocycles. The lowest BCUT2D eigenvalue weighted by Crippen LogP contribution is -2.37. The Hall–Kier alpha value is -2.65. The monoisotopic (exact) mass is 359 g/mol. The molecule has 0 aliphatic heterocycles. The third-order valence-corrected chi connectivity index (χ3v) is 3.11. The van der Waals surface area contributed by atoms with Crippen LogP contribution in [-0.4, -0.2) is 22.6 Å². The topological polar surface area (TPSA) is 75.3 Å². The standard InChI is InChI=1S/C15H17F4N5O/c1-3-20-14(22-8-13-23-9(2)25-24-13)21-7-10-4-5-11(16)6-12(10)15(17,18)19/h4-6H,3,7-8H2,1-2H3,(H2,20,21,22). The van der Waals surface area contributed by atoms with Crippen molar-refractivity contribution in [3.8, 4) is 0 Å². The molecule has 2 rings (SSSR count). The fourth-order valence-corrected chi connectivity index (χ4v) is 2.03. The molecular weight excluding hydrogens is 342 g/mol. The maximum atomic E-state index is 13.1. The maximum absolute atomic E-state index is 13.1. The van der Waals surface area contributed by atoms with Gasteiger partial charge in [0, 0.05) is 13.5 Å². The number of benzene rings is 1. The van der Waals surface area contributed by atoms with E-state index in [1.54, 1.807) is 6.92 Å². The van der Waals surface area contributed by atoms with Crippen LogP contribution in [0.3, 0.4) is 0 Å². The zero-order valence-corrected chi connectivity index (χ0v) is 13.6. The van der Waals surface area contributed by atoms with Crippen LogP contribution in [0.1, 0.15) is 29.8 Å². The van der Waals surface area contributed by atoms with Gasteiger partial charge in [0.25, 0.3) is 0 Å². The van der Waals surface area contributed by atoms with E-state index in [-0.39, 0.29) is 24.6 Å². The Morgan fingerprint density at radius 3 is 2.64 bits per heavy atom. The van der Waals surface area contributed by atoms with E-state index in [1.165, 1.54) is 0 Å². The first kappa shape index (κ1) is 18.7. The molecule has 0 unspecified atom stereocenters. The van der Waals surface area contributed by atoms with Gasteiger partial charge in [-0.05, 0) is 24.6 Å². The van der Waals surface area contributed by atoms with Gasteiger partial charge in [0.1, 0.15) is 5.82 Å². The Balaban J connectivity index is 2.13. The SMILES string of the molecule is CCNC(=NCc1ccc(F)cc1C(F)(F)F)NCc1noc(C)n1. The van der Waals surface area contributed by atoms with Crippen LogP contribution in [-0.2, 0) is 19.3 Å². The average Bonchev–Trinajstić information content (AvgIpc) is 2.95. The van der Waals surface area contributed by atoms with Crippen LogP contribution in [0.2, 0.25) is 0 Å². The van der Waals surface area contributed by atoms with E-state index >= 15 is 0 Å². The molecule has 2 N–H and O–H groups in total. The molecule has 0 spiro atoms. The number of aromatic nitrogens is 2. The van der Waals surface area contributed by atoms with Crippen molar-refractivity contribution in [1.82, 2.24) is 20.8 Å². The number of nitrogens with zero attached hydrogens (tertiary/aromatic N) is 3. The fraction of sp³-hybridized carbons (Fsp3) is 0.400. The molecule has 0 saturated heterocycles. The largest absolute Gasteiger partial charge is 0.416 e. The molecule has 1 heterocycles. The van der Waals surface area contributed by atoms with E-state index in [2.05, 4.69) is 25.8 Å². The van der Waals surface area contributed by atoms with Gasteiger partial charge in [0.05, 0.1) is 18.7 Å². The van der Waals surface area contributed by atoms with Crippen molar-refractivity contribution in [2.75, 3.05) is 6.54 Å². The lowest BCUT2D eigenvalue weighted by Gasteiger charge is -2.13. The van der Waals surface area contributed by atoms with Gasteiger partial charge in [0.2, 0.25) is 5.89 Å². The number of nitrogens with one attached hydrogen (secondary N) is 2. The molecule has 0 fully saturated rings. The minimum Gasteiger partial charge on any atom is -0.357 e. The molecule has 10 heteroatoms. The highest BCUT2D eigenvalue weighted by atomic mass is 19.4. The van der Waals surface area contributed by atoms with Crippen LogP contribution in [0.4, 0.5) is 17.6 Å². The molecular formula is C15H17F4N5O. The third-order valence-electron chi connectivity index (χ3n) is 3.11. The summed E-state index contributed by atoms with van der Waals surface area (Å²) >= 11 is 0. The van der Waals surface area contributed by atoms with Crippen LogP contribution in [0, 0.1) is 12.7 Å². The summed E-state index contributed by atoms with van der Waals surface area (Å²) in [4.78, 5) is 8.10. The van der Waals surface area contributed by atoms with Crippen molar-refractivity contribution in [3.05, 3.63) is 46.9 Å². The molecule has 25 heavy (non-hydrogen) atoms. The predicted octanol–water partition coefficient (Wildman–Crippen LogP) is 2.79. The molecule has 1 aromatic carbocycles. The summed E-state index contributed by atoms with van der Waals surface area (Å²) in [6.45, 7) is 3.89. The second-order valence-electron chi connectivity index (χ2n) is 5.08. The van der Waals surface area contributed by atoms with Crippen LogP contribution in [0.5, 0.6) is 0 Å². The molecule has 0 bridgehead atoms. The van der Waals surface area contributed by atoms with Crippen LogP contribution < -0.4 is 10.6 Å². The molecule has 0 radical (unpaired) electrons. The van der Waals surface area contributed by atoms with E-state index in [1.807, 2.05) is 6.92 Å². The van der Waals surface area contributed by atoms with Gasteiger partial charge in [-0.25, -0.2) is 9.38 Å². The minimum absolute atomic E-state index is 0.124. The van der Waals surface area contributed by atoms with Gasteiger partial charge in [-0.15, -0.1) is 0 Å². The number of aliphatic imine (C=N–C) groups is 1. The van der Waals surface area contributed by atoms with Crippen molar-refractivity contribution >= 4 is 5.96 Å².